The fourth-order valence-corrected chi connectivity index (χ4v) is 3.73. The van der Waals surface area contributed by atoms with E-state index in [1.54, 1.807) is 34.1 Å². The Morgan fingerprint density at radius 1 is 0.844 bits per heavy atom. The summed E-state index contributed by atoms with van der Waals surface area (Å²) in [7, 11) is 0. The zero-order valence-corrected chi connectivity index (χ0v) is 18.6. The van der Waals surface area contributed by atoms with Gasteiger partial charge in [0.1, 0.15) is 18.1 Å². The highest BCUT2D eigenvalue weighted by Crippen LogP contribution is 2.19. The molecule has 3 aromatic rings. The Morgan fingerprint density at radius 2 is 1.34 bits per heavy atom. The molecule has 0 aliphatic carbocycles. The predicted octanol–water partition coefficient (Wildman–Crippen LogP) is 3.78. The Morgan fingerprint density at radius 3 is 1.81 bits per heavy atom. The van der Waals surface area contributed by atoms with Gasteiger partial charge in [-0.05, 0) is 57.2 Å². The van der Waals surface area contributed by atoms with Gasteiger partial charge in [-0.25, -0.2) is 0 Å². The molecule has 1 aliphatic rings. The summed E-state index contributed by atoms with van der Waals surface area (Å²) in [5.41, 5.74) is 4.16. The quantitative estimate of drug-likeness (QED) is 0.612. The summed E-state index contributed by atoms with van der Waals surface area (Å²) >= 11 is 0. The van der Waals surface area contributed by atoms with Gasteiger partial charge in [0, 0.05) is 37.3 Å². The number of hydrogen-bond acceptors (Lipinski definition) is 5. The van der Waals surface area contributed by atoms with E-state index in [1.807, 2.05) is 45.0 Å². The fourth-order valence-electron chi connectivity index (χ4n) is 3.73. The highest BCUT2D eigenvalue weighted by Gasteiger charge is 2.25. The summed E-state index contributed by atoms with van der Waals surface area (Å²) in [6.07, 6.45) is 0. The van der Waals surface area contributed by atoms with E-state index >= 15 is 0 Å². The molecule has 2 amide bonds. The van der Waals surface area contributed by atoms with Crippen molar-refractivity contribution in [2.24, 2.45) is 0 Å². The van der Waals surface area contributed by atoms with Gasteiger partial charge in [-0.2, -0.15) is 0 Å². The first-order valence-corrected chi connectivity index (χ1v) is 10.7. The molecule has 0 bridgehead atoms. The van der Waals surface area contributed by atoms with E-state index in [0.29, 0.717) is 49.7 Å². The van der Waals surface area contributed by atoms with Crippen LogP contribution in [-0.2, 0) is 6.61 Å². The molecule has 7 heteroatoms. The van der Waals surface area contributed by atoms with Crippen molar-refractivity contribution in [1.29, 1.82) is 0 Å². The molecular weight excluding hydrogens is 406 g/mol. The number of piperazine rings is 1. The van der Waals surface area contributed by atoms with Gasteiger partial charge in [0.05, 0.1) is 11.3 Å². The van der Waals surface area contributed by atoms with Crippen LogP contribution < -0.4 is 4.74 Å². The van der Waals surface area contributed by atoms with Crippen molar-refractivity contribution in [3.05, 3.63) is 82.2 Å². The summed E-state index contributed by atoms with van der Waals surface area (Å²) in [5.74, 6) is 1.39. The molecule has 0 N–H and O–H groups in total. The van der Waals surface area contributed by atoms with Crippen molar-refractivity contribution >= 4 is 11.8 Å². The van der Waals surface area contributed by atoms with Crippen molar-refractivity contribution in [3.63, 3.8) is 0 Å². The molecule has 32 heavy (non-hydrogen) atoms. The highest BCUT2D eigenvalue weighted by atomic mass is 16.5. The molecule has 4 rings (SSSR count). The van der Waals surface area contributed by atoms with Crippen LogP contribution in [-0.4, -0.2) is 52.9 Å². The maximum Gasteiger partial charge on any atom is 0.253 e. The summed E-state index contributed by atoms with van der Waals surface area (Å²) in [4.78, 5) is 29.2. The SMILES string of the molecule is Cc1ccc(C(=O)N2CCN(C(=O)c3ccc(OCc4c(C)noc4C)cc3)CC2)cc1. The van der Waals surface area contributed by atoms with Gasteiger partial charge in [0.15, 0.2) is 0 Å². The molecule has 1 saturated heterocycles. The molecule has 7 nitrogen and oxygen atoms in total. The van der Waals surface area contributed by atoms with Crippen LogP contribution in [0.3, 0.4) is 0 Å². The van der Waals surface area contributed by atoms with Crippen molar-refractivity contribution in [2.45, 2.75) is 27.4 Å². The minimum Gasteiger partial charge on any atom is -0.489 e. The molecule has 2 heterocycles. The number of hydrogen-bond donors (Lipinski definition) is 0. The van der Waals surface area contributed by atoms with Crippen LogP contribution in [0.2, 0.25) is 0 Å². The lowest BCUT2D eigenvalue weighted by atomic mass is 10.1. The molecule has 0 atom stereocenters. The predicted molar refractivity (Wildman–Crippen MR) is 120 cm³/mol. The average Bonchev–Trinajstić information content (AvgIpc) is 3.15. The third kappa shape index (κ3) is 4.66. The lowest BCUT2D eigenvalue weighted by Crippen LogP contribution is -2.50. The number of carbonyl (C=O) groups is 2. The van der Waals surface area contributed by atoms with E-state index in [2.05, 4.69) is 5.16 Å². The summed E-state index contributed by atoms with van der Waals surface area (Å²) in [6, 6.07) is 14.7. The molecule has 1 aliphatic heterocycles. The molecule has 166 valence electrons. The van der Waals surface area contributed by atoms with Crippen molar-refractivity contribution < 1.29 is 18.8 Å². The zero-order valence-electron chi connectivity index (χ0n) is 18.6. The van der Waals surface area contributed by atoms with Gasteiger partial charge >= 0.3 is 0 Å². The Labute approximate surface area is 187 Å². The number of aromatic nitrogens is 1. The molecule has 1 fully saturated rings. The first-order valence-electron chi connectivity index (χ1n) is 10.7. The highest BCUT2D eigenvalue weighted by molar-refractivity contribution is 5.96. The normalized spacial score (nSPS) is 13.8. The second-order valence-electron chi connectivity index (χ2n) is 8.07. The van der Waals surface area contributed by atoms with Crippen LogP contribution in [0.1, 0.15) is 43.3 Å². The monoisotopic (exact) mass is 433 g/mol. The van der Waals surface area contributed by atoms with Crippen molar-refractivity contribution in [3.8, 4) is 5.75 Å². The fraction of sp³-hybridized carbons (Fsp3) is 0.320. The van der Waals surface area contributed by atoms with Gasteiger partial charge in [0.2, 0.25) is 0 Å². The van der Waals surface area contributed by atoms with Crippen LogP contribution in [0.5, 0.6) is 5.75 Å². The average molecular weight is 434 g/mol. The number of nitrogens with zero attached hydrogens (tertiary/aromatic N) is 3. The number of benzene rings is 2. The van der Waals surface area contributed by atoms with E-state index in [0.717, 1.165) is 22.6 Å². The van der Waals surface area contributed by atoms with Gasteiger partial charge in [0.25, 0.3) is 11.8 Å². The lowest BCUT2D eigenvalue weighted by molar-refractivity contribution is 0.0535. The number of ether oxygens (including phenoxy) is 1. The Kier molecular flexibility index (Phi) is 6.25. The van der Waals surface area contributed by atoms with Crippen LogP contribution in [0.4, 0.5) is 0 Å². The molecule has 0 radical (unpaired) electrons. The first-order chi connectivity index (χ1) is 15.4. The number of amides is 2. The molecule has 0 saturated carbocycles. The van der Waals surface area contributed by atoms with Crippen LogP contribution in [0, 0.1) is 20.8 Å². The lowest BCUT2D eigenvalue weighted by Gasteiger charge is -2.35. The third-order valence-corrected chi connectivity index (χ3v) is 5.82. The Hall–Kier alpha value is -3.61. The summed E-state index contributed by atoms with van der Waals surface area (Å²) in [5, 5.41) is 3.92. The van der Waals surface area contributed by atoms with Crippen LogP contribution >= 0.6 is 0 Å². The van der Waals surface area contributed by atoms with Crippen LogP contribution in [0.25, 0.3) is 0 Å². The van der Waals surface area contributed by atoms with Crippen LogP contribution in [0.15, 0.2) is 53.1 Å². The molecular formula is C25H27N3O4. The van der Waals surface area contributed by atoms with Gasteiger partial charge in [-0.15, -0.1) is 0 Å². The molecule has 2 aromatic carbocycles. The van der Waals surface area contributed by atoms with E-state index in [4.69, 9.17) is 9.26 Å². The van der Waals surface area contributed by atoms with E-state index in [1.165, 1.54) is 0 Å². The molecule has 1 aromatic heterocycles. The van der Waals surface area contributed by atoms with Crippen molar-refractivity contribution in [1.82, 2.24) is 15.0 Å². The van der Waals surface area contributed by atoms with Crippen molar-refractivity contribution in [2.75, 3.05) is 26.2 Å². The third-order valence-electron chi connectivity index (χ3n) is 5.82. The van der Waals surface area contributed by atoms with E-state index in [-0.39, 0.29) is 11.8 Å². The van der Waals surface area contributed by atoms with Gasteiger partial charge in [-0.3, -0.25) is 9.59 Å². The second-order valence-corrected chi connectivity index (χ2v) is 8.07. The zero-order chi connectivity index (χ0) is 22.7. The van der Waals surface area contributed by atoms with Gasteiger partial charge < -0.3 is 19.1 Å². The van der Waals surface area contributed by atoms with E-state index < -0.39 is 0 Å². The summed E-state index contributed by atoms with van der Waals surface area (Å²) in [6.45, 7) is 8.18. The standard InChI is InChI=1S/C25H27N3O4/c1-17-4-6-20(7-5-17)24(29)27-12-14-28(15-13-27)25(30)21-8-10-22(11-9-21)31-16-23-18(2)26-32-19(23)3/h4-11H,12-16H2,1-3H3. The minimum atomic E-state index is -0.0373. The Balaban J connectivity index is 1.31. The number of rotatable bonds is 5. The largest absolute Gasteiger partial charge is 0.489 e. The smallest absolute Gasteiger partial charge is 0.253 e. The summed E-state index contributed by atoms with van der Waals surface area (Å²) < 4.78 is 11.0. The molecule has 0 unspecified atom stereocenters. The minimum absolute atomic E-state index is 0.0110. The number of aryl methyl sites for hydroxylation is 3. The topological polar surface area (TPSA) is 75.9 Å². The number of carbonyl (C=O) groups excluding carboxylic acids is 2. The first kappa shape index (κ1) is 21.6. The second kappa shape index (κ2) is 9.26. The maximum absolute atomic E-state index is 12.9. The van der Waals surface area contributed by atoms with Gasteiger partial charge in [-0.1, -0.05) is 22.9 Å². The van der Waals surface area contributed by atoms with E-state index in [9.17, 15) is 9.59 Å². The maximum atomic E-state index is 12.9. The molecule has 0 spiro atoms. The Bertz CT molecular complexity index is 1080.